The molecule has 82 valence electrons. The number of aliphatic hydroxyl groups excluding tert-OH is 1. The van der Waals surface area contributed by atoms with E-state index < -0.39 is 5.38 Å². The van der Waals surface area contributed by atoms with Crippen LogP contribution in [0, 0.1) is 5.41 Å². The summed E-state index contributed by atoms with van der Waals surface area (Å²) in [6.07, 6.45) is 1.72. The highest BCUT2D eigenvalue weighted by Crippen LogP contribution is 2.30. The number of amides is 1. The van der Waals surface area contributed by atoms with Crippen LogP contribution in [-0.2, 0) is 4.79 Å². The van der Waals surface area contributed by atoms with E-state index in [1.54, 1.807) is 11.8 Å². The molecule has 0 unspecified atom stereocenters. The summed E-state index contributed by atoms with van der Waals surface area (Å²) in [4.78, 5) is 13.3. The van der Waals surface area contributed by atoms with Crippen LogP contribution in [0.3, 0.4) is 0 Å². The highest BCUT2D eigenvalue weighted by atomic mass is 35.5. The minimum absolute atomic E-state index is 0.00616. The monoisotopic (exact) mass is 219 g/mol. The molecule has 3 nitrogen and oxygen atoms in total. The fraction of sp³-hybridized carbons (Fsp3) is 0.900. The van der Waals surface area contributed by atoms with Crippen molar-refractivity contribution in [1.29, 1.82) is 0 Å². The molecule has 0 aromatic rings. The highest BCUT2D eigenvalue weighted by Gasteiger charge is 2.32. The van der Waals surface area contributed by atoms with Crippen molar-refractivity contribution in [2.75, 3.05) is 19.7 Å². The second-order valence-electron chi connectivity index (χ2n) is 4.41. The first kappa shape index (κ1) is 11.8. The summed E-state index contributed by atoms with van der Waals surface area (Å²) >= 11 is 5.73. The van der Waals surface area contributed by atoms with Gasteiger partial charge in [0, 0.05) is 19.7 Å². The Kier molecular flexibility index (Phi) is 3.78. The lowest BCUT2D eigenvalue weighted by molar-refractivity contribution is -0.133. The number of aliphatic hydroxyl groups is 1. The van der Waals surface area contributed by atoms with Crippen LogP contribution in [0.1, 0.15) is 26.7 Å². The van der Waals surface area contributed by atoms with E-state index >= 15 is 0 Å². The molecule has 14 heavy (non-hydrogen) atoms. The largest absolute Gasteiger partial charge is 0.396 e. The molecule has 0 aliphatic carbocycles. The SMILES string of the molecule is C[C@@H](Cl)C(=O)N1CCC(C)(CO)CC1. The van der Waals surface area contributed by atoms with Crippen molar-refractivity contribution in [3.05, 3.63) is 0 Å². The van der Waals surface area contributed by atoms with Crippen molar-refractivity contribution in [2.24, 2.45) is 5.41 Å². The number of halogens is 1. The Balaban J connectivity index is 2.47. The van der Waals surface area contributed by atoms with Crippen LogP contribution in [0.2, 0.25) is 0 Å². The van der Waals surface area contributed by atoms with E-state index in [2.05, 4.69) is 6.92 Å². The summed E-state index contributed by atoms with van der Waals surface area (Å²) < 4.78 is 0. The number of likely N-dealkylation sites (tertiary alicyclic amines) is 1. The third-order valence-corrected chi connectivity index (χ3v) is 3.19. The molecule has 1 aliphatic rings. The summed E-state index contributed by atoms with van der Waals surface area (Å²) in [5.74, 6) is 0.00616. The first-order chi connectivity index (χ1) is 6.48. The van der Waals surface area contributed by atoms with Crippen molar-refractivity contribution in [1.82, 2.24) is 4.90 Å². The summed E-state index contributed by atoms with van der Waals surface area (Å²) in [5, 5.41) is 8.72. The quantitative estimate of drug-likeness (QED) is 0.710. The van der Waals surface area contributed by atoms with Gasteiger partial charge in [-0.1, -0.05) is 6.92 Å². The predicted octanol–water partition coefficient (Wildman–Crippen LogP) is 1.23. The van der Waals surface area contributed by atoms with Gasteiger partial charge in [-0.05, 0) is 25.2 Å². The summed E-state index contributed by atoms with van der Waals surface area (Å²) in [6, 6.07) is 0. The van der Waals surface area contributed by atoms with Crippen molar-refractivity contribution >= 4 is 17.5 Å². The second kappa shape index (κ2) is 4.49. The van der Waals surface area contributed by atoms with Crippen LogP contribution in [0.5, 0.6) is 0 Å². The lowest BCUT2D eigenvalue weighted by Crippen LogP contribution is -2.45. The van der Waals surface area contributed by atoms with Gasteiger partial charge in [-0.2, -0.15) is 0 Å². The number of hydrogen-bond acceptors (Lipinski definition) is 2. The Morgan fingerprint density at radius 2 is 2.07 bits per heavy atom. The van der Waals surface area contributed by atoms with Gasteiger partial charge in [0.05, 0.1) is 0 Å². The first-order valence-electron chi connectivity index (χ1n) is 5.02. The van der Waals surface area contributed by atoms with Crippen molar-refractivity contribution < 1.29 is 9.90 Å². The van der Waals surface area contributed by atoms with Crippen molar-refractivity contribution in [3.63, 3.8) is 0 Å². The molecule has 0 bridgehead atoms. The van der Waals surface area contributed by atoms with Gasteiger partial charge in [0.2, 0.25) is 5.91 Å². The number of carbonyl (C=O) groups excluding carboxylic acids is 1. The number of rotatable bonds is 2. The minimum Gasteiger partial charge on any atom is -0.396 e. The van der Waals surface area contributed by atoms with Gasteiger partial charge < -0.3 is 10.0 Å². The maximum Gasteiger partial charge on any atom is 0.240 e. The van der Waals surface area contributed by atoms with E-state index in [4.69, 9.17) is 16.7 Å². The van der Waals surface area contributed by atoms with Crippen LogP contribution in [0.15, 0.2) is 0 Å². The molecule has 1 saturated heterocycles. The maximum atomic E-state index is 11.5. The van der Waals surface area contributed by atoms with Gasteiger partial charge in [0.1, 0.15) is 5.38 Å². The smallest absolute Gasteiger partial charge is 0.240 e. The molecular weight excluding hydrogens is 202 g/mol. The van der Waals surface area contributed by atoms with Crippen LogP contribution in [-0.4, -0.2) is 41.0 Å². The molecule has 0 saturated carbocycles. The third kappa shape index (κ3) is 2.61. The number of alkyl halides is 1. The zero-order chi connectivity index (χ0) is 10.8. The third-order valence-electron chi connectivity index (χ3n) is 3.00. The summed E-state index contributed by atoms with van der Waals surface area (Å²) in [5.41, 5.74) is -0.00761. The van der Waals surface area contributed by atoms with Crippen molar-refractivity contribution in [2.45, 2.75) is 32.1 Å². The normalized spacial score (nSPS) is 23.3. The van der Waals surface area contributed by atoms with E-state index in [0.717, 1.165) is 12.8 Å². The minimum atomic E-state index is -0.437. The molecule has 0 radical (unpaired) electrons. The number of hydrogen-bond donors (Lipinski definition) is 1. The van der Waals surface area contributed by atoms with E-state index in [0.29, 0.717) is 13.1 Å². The molecule has 1 aliphatic heterocycles. The molecule has 1 atom stereocenters. The molecule has 1 rings (SSSR count). The van der Waals surface area contributed by atoms with E-state index in [-0.39, 0.29) is 17.9 Å². The maximum absolute atomic E-state index is 11.5. The number of nitrogens with zero attached hydrogens (tertiary/aromatic N) is 1. The zero-order valence-electron chi connectivity index (χ0n) is 8.79. The molecular formula is C10H18ClNO2. The average Bonchev–Trinajstić information content (AvgIpc) is 2.18. The van der Waals surface area contributed by atoms with Gasteiger partial charge in [-0.25, -0.2) is 0 Å². The topological polar surface area (TPSA) is 40.5 Å². The fourth-order valence-corrected chi connectivity index (χ4v) is 1.81. The molecule has 4 heteroatoms. The Morgan fingerprint density at radius 1 is 1.57 bits per heavy atom. The summed E-state index contributed by atoms with van der Waals surface area (Å²) in [6.45, 7) is 5.38. The average molecular weight is 220 g/mol. The fourth-order valence-electron chi connectivity index (χ4n) is 1.68. The number of piperidine rings is 1. The Morgan fingerprint density at radius 3 is 2.43 bits per heavy atom. The Labute approximate surface area is 90.0 Å². The molecule has 1 heterocycles. The van der Waals surface area contributed by atoms with Crippen LogP contribution < -0.4 is 0 Å². The first-order valence-corrected chi connectivity index (χ1v) is 5.46. The standard InChI is InChI=1S/C10H18ClNO2/c1-8(11)9(14)12-5-3-10(2,7-13)4-6-12/h8,13H,3-7H2,1-2H3/t8-/m1/s1. The van der Waals surface area contributed by atoms with E-state index in [1.165, 1.54) is 0 Å². The lowest BCUT2D eigenvalue weighted by atomic mass is 9.81. The zero-order valence-corrected chi connectivity index (χ0v) is 9.55. The predicted molar refractivity (Wildman–Crippen MR) is 56.3 cm³/mol. The molecule has 1 N–H and O–H groups in total. The highest BCUT2D eigenvalue weighted by molar-refractivity contribution is 6.30. The van der Waals surface area contributed by atoms with Crippen LogP contribution in [0.25, 0.3) is 0 Å². The molecule has 0 spiro atoms. The molecule has 1 amide bonds. The van der Waals surface area contributed by atoms with Gasteiger partial charge >= 0.3 is 0 Å². The second-order valence-corrected chi connectivity index (χ2v) is 5.06. The molecule has 0 aromatic heterocycles. The van der Waals surface area contributed by atoms with Gasteiger partial charge in [0.15, 0.2) is 0 Å². The van der Waals surface area contributed by atoms with Gasteiger partial charge in [-0.3, -0.25) is 4.79 Å². The van der Waals surface area contributed by atoms with Crippen LogP contribution >= 0.6 is 11.6 Å². The van der Waals surface area contributed by atoms with Crippen molar-refractivity contribution in [3.8, 4) is 0 Å². The van der Waals surface area contributed by atoms with E-state index in [1.807, 2.05) is 0 Å². The Hall–Kier alpha value is -0.280. The number of carbonyl (C=O) groups is 1. The molecule has 1 fully saturated rings. The summed E-state index contributed by atoms with van der Waals surface area (Å²) in [7, 11) is 0. The van der Waals surface area contributed by atoms with E-state index in [9.17, 15) is 4.79 Å². The van der Waals surface area contributed by atoms with Gasteiger partial charge in [-0.15, -0.1) is 11.6 Å². The lowest BCUT2D eigenvalue weighted by Gasteiger charge is -2.38. The Bertz CT molecular complexity index is 210. The van der Waals surface area contributed by atoms with Crippen LogP contribution in [0.4, 0.5) is 0 Å². The van der Waals surface area contributed by atoms with Gasteiger partial charge in [0.25, 0.3) is 0 Å². The molecule has 0 aromatic carbocycles.